The third kappa shape index (κ3) is 2.22. The zero-order chi connectivity index (χ0) is 12.8. The molecule has 2 heterocycles. The van der Waals surface area contributed by atoms with Gasteiger partial charge >= 0.3 is 0 Å². The third-order valence-electron chi connectivity index (χ3n) is 3.18. The maximum Gasteiger partial charge on any atom is 0.184 e. The Hall–Kier alpha value is -1.14. The van der Waals surface area contributed by atoms with E-state index >= 15 is 0 Å². The highest BCUT2D eigenvalue weighted by Gasteiger charge is 2.28. The number of nitrogens with one attached hydrogen (secondary N) is 1. The first-order valence-electron chi connectivity index (χ1n) is 5.87. The Morgan fingerprint density at radius 2 is 2.28 bits per heavy atom. The lowest BCUT2D eigenvalue weighted by Crippen LogP contribution is -2.20. The standard InChI is InChI=1S/C12H14N2O2S2/c1-8-3-2-4-10-11(8)14-12(17-10)13-9-5-6-18(15,16)7-9/h2-4,9H,5-7H2,1H3,(H,13,14). The monoisotopic (exact) mass is 282 g/mol. The molecule has 2 aromatic rings. The molecule has 1 aliphatic rings. The lowest BCUT2D eigenvalue weighted by atomic mass is 10.2. The molecule has 1 atom stereocenters. The van der Waals surface area contributed by atoms with Crippen LogP contribution in [0.5, 0.6) is 0 Å². The number of sulfone groups is 1. The number of anilines is 1. The van der Waals surface area contributed by atoms with Crippen LogP contribution < -0.4 is 5.32 Å². The Morgan fingerprint density at radius 3 is 2.94 bits per heavy atom. The van der Waals surface area contributed by atoms with Gasteiger partial charge in [0, 0.05) is 6.04 Å². The van der Waals surface area contributed by atoms with Crippen molar-refractivity contribution in [1.82, 2.24) is 4.98 Å². The summed E-state index contributed by atoms with van der Waals surface area (Å²) in [5.74, 6) is 0.510. The van der Waals surface area contributed by atoms with Crippen LogP contribution in [0, 0.1) is 6.92 Å². The first-order valence-corrected chi connectivity index (χ1v) is 8.50. The summed E-state index contributed by atoms with van der Waals surface area (Å²) in [6, 6.07) is 6.10. The Balaban J connectivity index is 1.86. The summed E-state index contributed by atoms with van der Waals surface area (Å²) in [6.45, 7) is 2.03. The fourth-order valence-electron chi connectivity index (χ4n) is 2.23. The number of aromatic nitrogens is 1. The van der Waals surface area contributed by atoms with E-state index in [1.54, 1.807) is 11.3 Å². The number of hydrogen-bond acceptors (Lipinski definition) is 5. The number of thiazole rings is 1. The molecule has 1 unspecified atom stereocenters. The average molecular weight is 282 g/mol. The van der Waals surface area contributed by atoms with E-state index in [-0.39, 0.29) is 17.5 Å². The van der Waals surface area contributed by atoms with Gasteiger partial charge in [-0.2, -0.15) is 0 Å². The van der Waals surface area contributed by atoms with Gasteiger partial charge in [-0.15, -0.1) is 0 Å². The molecule has 0 radical (unpaired) electrons. The molecular formula is C12H14N2O2S2. The molecule has 1 N–H and O–H groups in total. The van der Waals surface area contributed by atoms with E-state index in [1.165, 1.54) is 0 Å². The Bertz CT molecular complexity index is 691. The Morgan fingerprint density at radius 1 is 1.44 bits per heavy atom. The van der Waals surface area contributed by atoms with E-state index < -0.39 is 9.84 Å². The molecular weight excluding hydrogens is 268 g/mol. The minimum atomic E-state index is -2.84. The van der Waals surface area contributed by atoms with Crippen LogP contribution in [0.1, 0.15) is 12.0 Å². The van der Waals surface area contributed by atoms with E-state index in [1.807, 2.05) is 25.1 Å². The topological polar surface area (TPSA) is 59.1 Å². The first-order chi connectivity index (χ1) is 8.53. The minimum Gasteiger partial charge on any atom is -0.358 e. The number of benzene rings is 1. The number of nitrogens with zero attached hydrogens (tertiary/aromatic N) is 1. The second-order valence-corrected chi connectivity index (χ2v) is 7.94. The van der Waals surface area contributed by atoms with Gasteiger partial charge in [0.1, 0.15) is 0 Å². The molecule has 1 aliphatic heterocycles. The Labute approximate surface area is 110 Å². The Kier molecular flexibility index (Phi) is 2.79. The van der Waals surface area contributed by atoms with E-state index in [0.29, 0.717) is 6.42 Å². The van der Waals surface area contributed by atoms with Crippen molar-refractivity contribution in [2.24, 2.45) is 0 Å². The predicted octanol–water partition coefficient (Wildman–Crippen LogP) is 2.20. The van der Waals surface area contributed by atoms with Crippen molar-refractivity contribution >= 4 is 36.5 Å². The molecule has 0 spiro atoms. The molecule has 1 fully saturated rings. The second kappa shape index (κ2) is 4.20. The lowest BCUT2D eigenvalue weighted by Gasteiger charge is -2.07. The van der Waals surface area contributed by atoms with Crippen LogP contribution in [0.4, 0.5) is 5.13 Å². The first kappa shape index (κ1) is 11.9. The molecule has 0 bridgehead atoms. The molecule has 0 amide bonds. The van der Waals surface area contributed by atoms with Gasteiger partial charge in [0.05, 0.1) is 21.7 Å². The smallest absolute Gasteiger partial charge is 0.184 e. The van der Waals surface area contributed by atoms with Gasteiger partial charge in [-0.25, -0.2) is 13.4 Å². The normalized spacial score (nSPS) is 22.4. The zero-order valence-corrected chi connectivity index (χ0v) is 11.6. The summed E-state index contributed by atoms with van der Waals surface area (Å²) < 4.78 is 23.9. The highest BCUT2D eigenvalue weighted by molar-refractivity contribution is 7.91. The lowest BCUT2D eigenvalue weighted by molar-refractivity contribution is 0.602. The second-order valence-electron chi connectivity index (χ2n) is 4.68. The van der Waals surface area contributed by atoms with Crippen molar-refractivity contribution in [1.29, 1.82) is 0 Å². The molecule has 0 saturated carbocycles. The van der Waals surface area contributed by atoms with Gasteiger partial charge in [0.25, 0.3) is 0 Å². The maximum atomic E-state index is 11.4. The highest BCUT2D eigenvalue weighted by atomic mass is 32.2. The number of aryl methyl sites for hydroxylation is 1. The van der Waals surface area contributed by atoms with Crippen LogP contribution in [0.25, 0.3) is 10.2 Å². The quantitative estimate of drug-likeness (QED) is 0.917. The minimum absolute atomic E-state index is 0.0101. The number of hydrogen-bond donors (Lipinski definition) is 1. The average Bonchev–Trinajstić information content (AvgIpc) is 2.83. The summed E-state index contributed by atoms with van der Waals surface area (Å²) in [5, 5.41) is 4.06. The SMILES string of the molecule is Cc1cccc2sc(NC3CCS(=O)(=O)C3)nc12. The molecule has 96 valence electrons. The summed E-state index contributed by atoms with van der Waals surface area (Å²) in [7, 11) is -2.84. The fourth-order valence-corrected chi connectivity index (χ4v) is 4.93. The van der Waals surface area contributed by atoms with Gasteiger partial charge in [-0.05, 0) is 25.0 Å². The van der Waals surface area contributed by atoms with E-state index in [9.17, 15) is 8.42 Å². The van der Waals surface area contributed by atoms with E-state index in [0.717, 1.165) is 20.9 Å². The molecule has 1 saturated heterocycles. The van der Waals surface area contributed by atoms with Crippen LogP contribution in [-0.2, 0) is 9.84 Å². The summed E-state index contributed by atoms with van der Waals surface area (Å²) in [6.07, 6.45) is 0.678. The summed E-state index contributed by atoms with van der Waals surface area (Å²) >= 11 is 1.58. The van der Waals surface area contributed by atoms with Crippen molar-refractivity contribution in [3.63, 3.8) is 0 Å². The predicted molar refractivity (Wildman–Crippen MR) is 75.0 cm³/mol. The third-order valence-corrected chi connectivity index (χ3v) is 5.90. The molecule has 6 heteroatoms. The van der Waals surface area contributed by atoms with E-state index in [2.05, 4.69) is 10.3 Å². The van der Waals surface area contributed by atoms with Gasteiger partial charge in [0.2, 0.25) is 0 Å². The van der Waals surface area contributed by atoms with Crippen molar-refractivity contribution in [3.05, 3.63) is 23.8 Å². The van der Waals surface area contributed by atoms with Crippen LogP contribution in [0.3, 0.4) is 0 Å². The fraction of sp³-hybridized carbons (Fsp3) is 0.417. The largest absolute Gasteiger partial charge is 0.358 e. The maximum absolute atomic E-state index is 11.4. The van der Waals surface area contributed by atoms with Crippen LogP contribution in [0.2, 0.25) is 0 Å². The molecule has 4 nitrogen and oxygen atoms in total. The van der Waals surface area contributed by atoms with Crippen LogP contribution >= 0.6 is 11.3 Å². The highest BCUT2D eigenvalue weighted by Crippen LogP contribution is 2.29. The van der Waals surface area contributed by atoms with Crippen LogP contribution in [-0.4, -0.2) is 30.9 Å². The van der Waals surface area contributed by atoms with Crippen molar-refractivity contribution < 1.29 is 8.42 Å². The van der Waals surface area contributed by atoms with E-state index in [4.69, 9.17) is 0 Å². The van der Waals surface area contributed by atoms with Crippen molar-refractivity contribution in [2.45, 2.75) is 19.4 Å². The zero-order valence-electron chi connectivity index (χ0n) is 10.0. The molecule has 18 heavy (non-hydrogen) atoms. The number of fused-ring (bicyclic) bond motifs is 1. The summed E-state index contributed by atoms with van der Waals surface area (Å²) in [4.78, 5) is 4.54. The molecule has 3 rings (SSSR count). The van der Waals surface area contributed by atoms with Crippen molar-refractivity contribution in [3.8, 4) is 0 Å². The number of rotatable bonds is 2. The van der Waals surface area contributed by atoms with Gasteiger partial charge < -0.3 is 5.32 Å². The molecule has 0 aliphatic carbocycles. The summed E-state index contributed by atoms with van der Waals surface area (Å²) in [5.41, 5.74) is 2.15. The molecule has 1 aromatic heterocycles. The van der Waals surface area contributed by atoms with Crippen LogP contribution in [0.15, 0.2) is 18.2 Å². The van der Waals surface area contributed by atoms with Gasteiger partial charge in [-0.1, -0.05) is 23.5 Å². The van der Waals surface area contributed by atoms with Gasteiger partial charge in [-0.3, -0.25) is 0 Å². The van der Waals surface area contributed by atoms with Crippen molar-refractivity contribution in [2.75, 3.05) is 16.8 Å². The number of para-hydroxylation sites is 1. The molecule has 1 aromatic carbocycles. The van der Waals surface area contributed by atoms with Gasteiger partial charge in [0.15, 0.2) is 15.0 Å².